The molecule has 1 aliphatic heterocycles. The van der Waals surface area contributed by atoms with Crippen molar-refractivity contribution in [2.24, 2.45) is 0 Å². The molecule has 1 aromatic carbocycles. The third-order valence-electron chi connectivity index (χ3n) is 5.41. The third-order valence-corrected chi connectivity index (χ3v) is 5.82. The summed E-state index contributed by atoms with van der Waals surface area (Å²) in [7, 11) is 0. The van der Waals surface area contributed by atoms with Crippen LogP contribution in [-0.2, 0) is 17.8 Å². The zero-order chi connectivity index (χ0) is 20.9. The molecule has 6 nitrogen and oxygen atoms in total. The number of hydrogen-bond donors (Lipinski definition) is 2. The molecule has 4 rings (SSSR count). The van der Waals surface area contributed by atoms with Gasteiger partial charge in [-0.1, -0.05) is 24.3 Å². The molecule has 0 amide bonds. The lowest BCUT2D eigenvalue weighted by molar-refractivity contribution is 0.113. The molecule has 3 aromatic rings. The zero-order valence-electron chi connectivity index (χ0n) is 17.1. The number of hydrogen-bond acceptors (Lipinski definition) is 4. The first kappa shape index (κ1) is 20.5. The first-order chi connectivity index (χ1) is 14.6. The van der Waals surface area contributed by atoms with Gasteiger partial charge < -0.3 is 19.9 Å². The topological polar surface area (TPSA) is 70.2 Å². The summed E-state index contributed by atoms with van der Waals surface area (Å²) in [6.45, 7) is 4.46. The Balaban J connectivity index is 1.57. The number of rotatable bonds is 6. The highest BCUT2D eigenvalue weighted by molar-refractivity contribution is 7.80. The minimum absolute atomic E-state index is 0.0880. The molecule has 0 unspecified atom stereocenters. The van der Waals surface area contributed by atoms with E-state index in [1.807, 2.05) is 54.4 Å². The molecule has 0 aliphatic carbocycles. The Morgan fingerprint density at radius 1 is 1.33 bits per heavy atom. The van der Waals surface area contributed by atoms with E-state index in [4.69, 9.17) is 17.0 Å². The van der Waals surface area contributed by atoms with Crippen molar-refractivity contribution in [3.8, 4) is 0 Å². The van der Waals surface area contributed by atoms with E-state index < -0.39 is 0 Å². The van der Waals surface area contributed by atoms with Gasteiger partial charge in [0.1, 0.15) is 0 Å². The first-order valence-corrected chi connectivity index (χ1v) is 10.7. The number of benzene rings is 1. The van der Waals surface area contributed by atoms with Gasteiger partial charge in [-0.15, -0.1) is 0 Å². The molecule has 1 fully saturated rings. The number of nitrogens with one attached hydrogen (secondary N) is 2. The number of H-pyrrole nitrogens is 1. The Hall–Kier alpha value is -2.77. The summed E-state index contributed by atoms with van der Waals surface area (Å²) in [5.74, 6) is 0. The second kappa shape index (κ2) is 9.36. The molecular formula is C23H26N4O2S. The van der Waals surface area contributed by atoms with Gasteiger partial charge in [0.15, 0.2) is 5.11 Å². The van der Waals surface area contributed by atoms with Gasteiger partial charge in [-0.05, 0) is 60.6 Å². The number of nitrogens with zero attached hydrogens (tertiary/aromatic N) is 2. The molecule has 0 spiro atoms. The van der Waals surface area contributed by atoms with E-state index in [2.05, 4.69) is 15.3 Å². The van der Waals surface area contributed by atoms with Crippen LogP contribution >= 0.6 is 12.2 Å². The van der Waals surface area contributed by atoms with Gasteiger partial charge in [-0.2, -0.15) is 0 Å². The van der Waals surface area contributed by atoms with Crippen LogP contribution in [0.5, 0.6) is 0 Å². The number of fused-ring (bicyclic) bond motifs is 1. The maximum absolute atomic E-state index is 12.8. The maximum atomic E-state index is 12.8. The van der Waals surface area contributed by atoms with Crippen LogP contribution in [0.3, 0.4) is 0 Å². The highest BCUT2D eigenvalue weighted by atomic mass is 32.1. The van der Waals surface area contributed by atoms with Crippen LogP contribution in [-0.4, -0.2) is 39.2 Å². The molecule has 156 valence electrons. The number of ether oxygens (including phenoxy) is 1. The van der Waals surface area contributed by atoms with E-state index in [-0.39, 0.29) is 11.7 Å². The average molecular weight is 423 g/mol. The predicted molar refractivity (Wildman–Crippen MR) is 122 cm³/mol. The molecule has 30 heavy (non-hydrogen) atoms. The summed E-state index contributed by atoms with van der Waals surface area (Å²) >= 11 is 5.69. The van der Waals surface area contributed by atoms with Crippen molar-refractivity contribution in [3.05, 3.63) is 75.8 Å². The van der Waals surface area contributed by atoms with Crippen LogP contribution in [0, 0.1) is 6.92 Å². The number of pyridine rings is 2. The van der Waals surface area contributed by atoms with Crippen LogP contribution in [0.4, 0.5) is 0 Å². The van der Waals surface area contributed by atoms with Crippen molar-refractivity contribution in [1.29, 1.82) is 0 Å². The third kappa shape index (κ3) is 4.86. The van der Waals surface area contributed by atoms with Crippen molar-refractivity contribution in [3.63, 3.8) is 0 Å². The van der Waals surface area contributed by atoms with E-state index in [9.17, 15) is 4.79 Å². The monoisotopic (exact) mass is 422 g/mol. The summed E-state index contributed by atoms with van der Waals surface area (Å²) < 4.78 is 5.69. The summed E-state index contributed by atoms with van der Waals surface area (Å²) in [6, 6.07) is 11.9. The van der Waals surface area contributed by atoms with Gasteiger partial charge in [-0.3, -0.25) is 9.78 Å². The SMILES string of the molecule is Cc1cccc2cc(CN(Cc3cccnc3)C(=S)NC[C@@H]3CCCO3)c(=O)[nH]c12. The average Bonchev–Trinajstić information content (AvgIpc) is 3.27. The van der Waals surface area contributed by atoms with E-state index in [0.29, 0.717) is 30.3 Å². The van der Waals surface area contributed by atoms with Crippen molar-refractivity contribution in [2.45, 2.75) is 39.0 Å². The van der Waals surface area contributed by atoms with Crippen LogP contribution in [0.1, 0.15) is 29.5 Å². The molecule has 7 heteroatoms. The Morgan fingerprint density at radius 2 is 2.23 bits per heavy atom. The van der Waals surface area contributed by atoms with Gasteiger partial charge in [-0.25, -0.2) is 0 Å². The number of aryl methyl sites for hydroxylation is 1. The second-order valence-electron chi connectivity index (χ2n) is 7.70. The van der Waals surface area contributed by atoms with Crippen molar-refractivity contribution < 1.29 is 4.74 Å². The summed E-state index contributed by atoms with van der Waals surface area (Å²) in [4.78, 5) is 22.0. The summed E-state index contributed by atoms with van der Waals surface area (Å²) in [6.07, 6.45) is 5.89. The van der Waals surface area contributed by atoms with Gasteiger partial charge in [0.25, 0.3) is 5.56 Å². The summed E-state index contributed by atoms with van der Waals surface area (Å²) in [5.41, 5.74) is 3.56. The molecule has 1 saturated heterocycles. The summed E-state index contributed by atoms with van der Waals surface area (Å²) in [5, 5.41) is 4.96. The van der Waals surface area contributed by atoms with E-state index in [0.717, 1.165) is 41.5 Å². The Kier molecular flexibility index (Phi) is 6.40. The highest BCUT2D eigenvalue weighted by Crippen LogP contribution is 2.17. The van der Waals surface area contributed by atoms with Crippen LogP contribution in [0.25, 0.3) is 10.9 Å². The molecule has 3 heterocycles. The van der Waals surface area contributed by atoms with Gasteiger partial charge in [0, 0.05) is 37.7 Å². The molecular weight excluding hydrogens is 396 g/mol. The molecule has 0 bridgehead atoms. The first-order valence-electron chi connectivity index (χ1n) is 10.2. The molecule has 0 saturated carbocycles. The minimum Gasteiger partial charge on any atom is -0.376 e. The quantitative estimate of drug-likeness (QED) is 0.594. The number of para-hydroxylation sites is 1. The van der Waals surface area contributed by atoms with Crippen LogP contribution < -0.4 is 10.9 Å². The molecule has 0 radical (unpaired) electrons. The van der Waals surface area contributed by atoms with Gasteiger partial charge in [0.2, 0.25) is 0 Å². The van der Waals surface area contributed by atoms with Crippen molar-refractivity contribution >= 4 is 28.2 Å². The van der Waals surface area contributed by atoms with Crippen LogP contribution in [0.2, 0.25) is 0 Å². The number of aromatic amines is 1. The number of thiocarbonyl (C=S) groups is 1. The molecule has 2 aromatic heterocycles. The second-order valence-corrected chi connectivity index (χ2v) is 8.09. The highest BCUT2D eigenvalue weighted by Gasteiger charge is 2.18. The minimum atomic E-state index is -0.0880. The Labute approximate surface area is 181 Å². The molecule has 1 aliphatic rings. The lowest BCUT2D eigenvalue weighted by Crippen LogP contribution is -2.42. The lowest BCUT2D eigenvalue weighted by Gasteiger charge is -2.26. The molecule has 2 N–H and O–H groups in total. The Bertz CT molecular complexity index is 1080. The molecule has 1 atom stereocenters. The van der Waals surface area contributed by atoms with Crippen molar-refractivity contribution in [1.82, 2.24) is 20.2 Å². The Morgan fingerprint density at radius 3 is 3.00 bits per heavy atom. The van der Waals surface area contributed by atoms with E-state index in [1.54, 1.807) is 6.20 Å². The lowest BCUT2D eigenvalue weighted by atomic mass is 10.1. The van der Waals surface area contributed by atoms with Gasteiger partial charge in [0.05, 0.1) is 18.2 Å². The largest absolute Gasteiger partial charge is 0.376 e. The smallest absolute Gasteiger partial charge is 0.253 e. The fourth-order valence-electron chi connectivity index (χ4n) is 3.78. The number of aromatic nitrogens is 2. The fourth-order valence-corrected chi connectivity index (χ4v) is 3.99. The predicted octanol–water partition coefficient (Wildman–Crippen LogP) is 3.29. The van der Waals surface area contributed by atoms with E-state index in [1.165, 1.54) is 0 Å². The standard InChI is InChI=1S/C23H26N4O2S/c1-16-5-2-7-18-11-19(22(28)26-21(16)18)15-27(14-17-6-3-9-24-12-17)23(30)25-13-20-8-4-10-29-20/h2-3,5-7,9,11-12,20H,4,8,10,13-15H2,1H3,(H,25,30)(H,26,28)/t20-/m0/s1. The normalized spacial score (nSPS) is 16.0. The fraction of sp³-hybridized carbons (Fsp3) is 0.348. The zero-order valence-corrected chi connectivity index (χ0v) is 17.9. The van der Waals surface area contributed by atoms with Gasteiger partial charge >= 0.3 is 0 Å². The maximum Gasteiger partial charge on any atom is 0.253 e. The van der Waals surface area contributed by atoms with E-state index >= 15 is 0 Å². The van der Waals surface area contributed by atoms with Crippen LogP contribution in [0.15, 0.2) is 53.6 Å². The van der Waals surface area contributed by atoms with Crippen molar-refractivity contribution in [2.75, 3.05) is 13.2 Å².